The highest BCUT2D eigenvalue weighted by atomic mass is 16.2. The minimum Gasteiger partial charge on any atom is -0.299 e. The summed E-state index contributed by atoms with van der Waals surface area (Å²) < 4.78 is 6.03. The first-order valence-corrected chi connectivity index (χ1v) is 8.36. The van der Waals surface area contributed by atoms with Gasteiger partial charge in [0.15, 0.2) is 11.2 Å². The Morgan fingerprint density at radius 1 is 1.19 bits per heavy atom. The van der Waals surface area contributed by atoms with Gasteiger partial charge in [0.25, 0.3) is 5.56 Å². The van der Waals surface area contributed by atoms with Gasteiger partial charge in [0.05, 0.1) is 5.69 Å². The smallest absolute Gasteiger partial charge is 0.299 e. The van der Waals surface area contributed by atoms with Crippen LogP contribution in [-0.4, -0.2) is 28.5 Å². The number of hydrogen-bond acceptors (Lipinski definition) is 4. The molecular weight excluding hydrogens is 332 g/mol. The van der Waals surface area contributed by atoms with Gasteiger partial charge in [0, 0.05) is 25.8 Å². The molecule has 0 fully saturated rings. The van der Waals surface area contributed by atoms with Gasteiger partial charge in [0.1, 0.15) is 0 Å². The Bertz CT molecular complexity index is 1140. The van der Waals surface area contributed by atoms with E-state index in [1.165, 1.54) is 9.13 Å². The number of imidazole rings is 1. The van der Waals surface area contributed by atoms with Crippen LogP contribution in [-0.2, 0) is 20.1 Å². The number of aryl methyl sites for hydroxylation is 3. The van der Waals surface area contributed by atoms with E-state index < -0.39 is 5.69 Å². The van der Waals surface area contributed by atoms with Crippen LogP contribution in [0.15, 0.2) is 40.5 Å². The molecule has 0 aliphatic heterocycles. The molecule has 0 aliphatic rings. The second kappa shape index (κ2) is 6.62. The van der Waals surface area contributed by atoms with Gasteiger partial charge in [-0.25, -0.2) is 9.48 Å². The van der Waals surface area contributed by atoms with E-state index in [9.17, 15) is 9.59 Å². The molecule has 0 amide bonds. The standard InChI is InChI=1S/C18H22N6O2/c1-6-8-10-23-16(25)14-15(21(5)18(23)26)19-17(22(14)9-7-2)24-13(4)11-12(3)20-24/h6-8,11H,2,9-10H2,1,3-5H3/b8-6+. The number of aromatic nitrogens is 6. The Kier molecular flexibility index (Phi) is 4.50. The zero-order valence-electron chi connectivity index (χ0n) is 15.4. The lowest BCUT2D eigenvalue weighted by Crippen LogP contribution is -2.39. The Morgan fingerprint density at radius 3 is 2.50 bits per heavy atom. The zero-order valence-corrected chi connectivity index (χ0v) is 15.4. The van der Waals surface area contributed by atoms with Crippen molar-refractivity contribution in [3.63, 3.8) is 0 Å². The molecule has 0 radical (unpaired) electrons. The van der Waals surface area contributed by atoms with Crippen LogP contribution >= 0.6 is 0 Å². The van der Waals surface area contributed by atoms with Crippen LogP contribution in [0, 0.1) is 13.8 Å². The third kappa shape index (κ3) is 2.63. The predicted octanol–water partition coefficient (Wildman–Crippen LogP) is 1.46. The Balaban J connectivity index is 2.44. The van der Waals surface area contributed by atoms with Crippen molar-refractivity contribution in [1.82, 2.24) is 28.5 Å². The third-order valence-electron chi connectivity index (χ3n) is 4.25. The number of nitrogens with zero attached hydrogens (tertiary/aromatic N) is 6. The molecule has 0 aromatic carbocycles. The molecule has 0 bridgehead atoms. The van der Waals surface area contributed by atoms with Crippen LogP contribution in [0.2, 0.25) is 0 Å². The molecular formula is C18H22N6O2. The molecule has 0 unspecified atom stereocenters. The monoisotopic (exact) mass is 354 g/mol. The molecule has 3 aromatic rings. The zero-order chi connectivity index (χ0) is 19.0. The van der Waals surface area contributed by atoms with Crippen molar-refractivity contribution in [2.24, 2.45) is 7.05 Å². The van der Waals surface area contributed by atoms with E-state index in [-0.39, 0.29) is 12.1 Å². The lowest BCUT2D eigenvalue weighted by Gasteiger charge is -2.09. The van der Waals surface area contributed by atoms with Crippen LogP contribution in [0.4, 0.5) is 0 Å². The molecule has 0 saturated carbocycles. The van der Waals surface area contributed by atoms with Gasteiger partial charge < -0.3 is 0 Å². The van der Waals surface area contributed by atoms with Gasteiger partial charge in [-0.2, -0.15) is 10.1 Å². The summed E-state index contributed by atoms with van der Waals surface area (Å²) >= 11 is 0. The molecule has 3 heterocycles. The summed E-state index contributed by atoms with van der Waals surface area (Å²) in [6, 6.07) is 1.93. The quantitative estimate of drug-likeness (QED) is 0.650. The second-order valence-electron chi connectivity index (χ2n) is 6.15. The fraction of sp³-hybridized carbons (Fsp3) is 0.333. The average Bonchev–Trinajstić information content (AvgIpc) is 3.13. The highest BCUT2D eigenvalue weighted by molar-refractivity contribution is 5.72. The van der Waals surface area contributed by atoms with Gasteiger partial charge >= 0.3 is 5.69 Å². The second-order valence-corrected chi connectivity index (χ2v) is 6.15. The maximum absolute atomic E-state index is 13.0. The molecule has 3 aromatic heterocycles. The summed E-state index contributed by atoms with van der Waals surface area (Å²) in [5.74, 6) is 0.487. The van der Waals surface area contributed by atoms with Crippen LogP contribution in [0.25, 0.3) is 17.1 Å². The number of allylic oxidation sites excluding steroid dienone is 3. The summed E-state index contributed by atoms with van der Waals surface area (Å²) in [5, 5.41) is 4.46. The molecule has 136 valence electrons. The first kappa shape index (κ1) is 17.7. The molecule has 0 atom stereocenters. The van der Waals surface area contributed by atoms with Gasteiger partial charge in [-0.05, 0) is 26.8 Å². The molecule has 8 nitrogen and oxygen atoms in total. The van der Waals surface area contributed by atoms with E-state index in [4.69, 9.17) is 0 Å². The molecule has 0 spiro atoms. The lowest BCUT2D eigenvalue weighted by molar-refractivity contribution is 0.662. The minimum absolute atomic E-state index is 0.215. The molecule has 3 rings (SSSR count). The van der Waals surface area contributed by atoms with Gasteiger partial charge in [-0.3, -0.25) is 18.5 Å². The fourth-order valence-corrected chi connectivity index (χ4v) is 3.03. The third-order valence-corrected chi connectivity index (χ3v) is 4.25. The largest absolute Gasteiger partial charge is 0.332 e. The van der Waals surface area contributed by atoms with Gasteiger partial charge in [0.2, 0.25) is 5.95 Å². The maximum Gasteiger partial charge on any atom is 0.332 e. The lowest BCUT2D eigenvalue weighted by atomic mass is 10.4. The Morgan fingerprint density at radius 2 is 1.92 bits per heavy atom. The van der Waals surface area contributed by atoms with Crippen molar-refractivity contribution in [2.75, 3.05) is 0 Å². The Hall–Kier alpha value is -3.16. The van der Waals surface area contributed by atoms with Crippen molar-refractivity contribution in [3.8, 4) is 5.95 Å². The minimum atomic E-state index is -0.399. The summed E-state index contributed by atoms with van der Waals surface area (Å²) in [7, 11) is 1.62. The first-order chi connectivity index (χ1) is 12.4. The molecule has 0 saturated heterocycles. The Labute approximate surface area is 150 Å². The first-order valence-electron chi connectivity index (χ1n) is 8.36. The van der Waals surface area contributed by atoms with E-state index in [0.29, 0.717) is 23.7 Å². The molecule has 0 N–H and O–H groups in total. The number of rotatable bonds is 5. The topological polar surface area (TPSA) is 79.6 Å². The predicted molar refractivity (Wildman–Crippen MR) is 101 cm³/mol. The van der Waals surface area contributed by atoms with Gasteiger partial charge in [-0.15, -0.1) is 6.58 Å². The van der Waals surface area contributed by atoms with E-state index >= 15 is 0 Å². The fourth-order valence-electron chi connectivity index (χ4n) is 3.03. The van der Waals surface area contributed by atoms with Crippen molar-refractivity contribution in [2.45, 2.75) is 33.9 Å². The van der Waals surface area contributed by atoms with Crippen LogP contribution in [0.3, 0.4) is 0 Å². The highest BCUT2D eigenvalue weighted by Crippen LogP contribution is 2.17. The average molecular weight is 354 g/mol. The van der Waals surface area contributed by atoms with Crippen molar-refractivity contribution >= 4 is 11.2 Å². The van der Waals surface area contributed by atoms with Crippen molar-refractivity contribution < 1.29 is 0 Å². The van der Waals surface area contributed by atoms with Gasteiger partial charge in [-0.1, -0.05) is 18.2 Å². The summed E-state index contributed by atoms with van der Waals surface area (Å²) in [6.07, 6.45) is 5.26. The maximum atomic E-state index is 13.0. The molecule has 8 heteroatoms. The molecule has 0 aliphatic carbocycles. The highest BCUT2D eigenvalue weighted by Gasteiger charge is 2.21. The number of fused-ring (bicyclic) bond motifs is 1. The summed E-state index contributed by atoms with van der Waals surface area (Å²) in [5.41, 5.74) is 1.66. The SMILES string of the molecule is C=CCn1c(-n2nc(C)cc2C)nc2c1c(=O)n(C/C=C/C)c(=O)n2C. The summed E-state index contributed by atoms with van der Waals surface area (Å²) in [6.45, 7) is 10.0. The van der Waals surface area contributed by atoms with Crippen molar-refractivity contribution in [3.05, 3.63) is 63.1 Å². The summed E-state index contributed by atoms with van der Waals surface area (Å²) in [4.78, 5) is 30.2. The normalized spacial score (nSPS) is 11.7. The van der Waals surface area contributed by atoms with E-state index in [1.54, 1.807) is 34.5 Å². The van der Waals surface area contributed by atoms with E-state index in [1.807, 2.05) is 26.8 Å². The van der Waals surface area contributed by atoms with E-state index in [0.717, 1.165) is 11.4 Å². The van der Waals surface area contributed by atoms with E-state index in [2.05, 4.69) is 16.7 Å². The van der Waals surface area contributed by atoms with Crippen LogP contribution in [0.5, 0.6) is 0 Å². The van der Waals surface area contributed by atoms with Crippen molar-refractivity contribution in [1.29, 1.82) is 0 Å². The van der Waals surface area contributed by atoms with Crippen LogP contribution in [0.1, 0.15) is 18.3 Å². The molecule has 26 heavy (non-hydrogen) atoms. The van der Waals surface area contributed by atoms with Crippen LogP contribution < -0.4 is 11.2 Å². The number of hydrogen-bond donors (Lipinski definition) is 0.